The molecule has 0 fully saturated rings. The third kappa shape index (κ3) is 2.24. The zero-order valence-electron chi connectivity index (χ0n) is 9.39. The van der Waals surface area contributed by atoms with Gasteiger partial charge in [0.05, 0.1) is 10.5 Å². The van der Waals surface area contributed by atoms with E-state index < -0.39 is 11.0 Å². The zero-order valence-corrected chi connectivity index (χ0v) is 9.39. The number of benzene rings is 2. The van der Waals surface area contributed by atoms with E-state index in [-0.39, 0.29) is 5.69 Å². The molecular formula is C13H10N2O3. The highest BCUT2D eigenvalue weighted by molar-refractivity contribution is 5.46. The average molecular weight is 242 g/mol. The Morgan fingerprint density at radius 3 is 2.22 bits per heavy atom. The Morgan fingerprint density at radius 1 is 1.00 bits per heavy atom. The molecule has 2 aromatic rings. The highest BCUT2D eigenvalue weighted by Crippen LogP contribution is 2.32. The summed E-state index contributed by atoms with van der Waals surface area (Å²) in [5, 5.41) is 14.0. The van der Waals surface area contributed by atoms with E-state index in [2.05, 4.69) is 5.18 Å². The minimum absolute atomic E-state index is 0.0917. The van der Waals surface area contributed by atoms with Crippen LogP contribution in [0, 0.1) is 15.0 Å². The Labute approximate surface area is 103 Å². The summed E-state index contributed by atoms with van der Waals surface area (Å²) < 4.78 is 0. The van der Waals surface area contributed by atoms with Crippen molar-refractivity contribution in [3.63, 3.8) is 0 Å². The fourth-order valence-electron chi connectivity index (χ4n) is 1.82. The minimum atomic E-state index is -0.854. The molecule has 0 amide bonds. The van der Waals surface area contributed by atoms with Crippen molar-refractivity contribution in [3.8, 4) is 0 Å². The molecule has 5 nitrogen and oxygen atoms in total. The molecule has 2 aromatic carbocycles. The smallest absolute Gasteiger partial charge is 0.258 e. The predicted molar refractivity (Wildman–Crippen MR) is 67.2 cm³/mol. The van der Waals surface area contributed by atoms with E-state index in [0.29, 0.717) is 11.1 Å². The summed E-state index contributed by atoms with van der Waals surface area (Å²) in [4.78, 5) is 21.4. The van der Waals surface area contributed by atoms with Gasteiger partial charge < -0.3 is 0 Å². The number of hydrogen-bond donors (Lipinski definition) is 0. The summed E-state index contributed by atoms with van der Waals surface area (Å²) in [6.45, 7) is 0. The summed E-state index contributed by atoms with van der Waals surface area (Å²) in [6, 6.07) is 14.1. The monoisotopic (exact) mass is 242 g/mol. The fourth-order valence-corrected chi connectivity index (χ4v) is 1.82. The second kappa shape index (κ2) is 5.18. The van der Waals surface area contributed by atoms with E-state index in [1.54, 1.807) is 42.5 Å². The van der Waals surface area contributed by atoms with E-state index >= 15 is 0 Å². The third-order valence-electron chi connectivity index (χ3n) is 2.65. The lowest BCUT2D eigenvalue weighted by atomic mass is 9.98. The van der Waals surface area contributed by atoms with Gasteiger partial charge in [0.1, 0.15) is 6.04 Å². The molecule has 2 rings (SSSR count). The van der Waals surface area contributed by atoms with Crippen LogP contribution in [0.15, 0.2) is 59.8 Å². The first-order valence-electron chi connectivity index (χ1n) is 5.34. The number of nitro benzene ring substituents is 1. The Kier molecular flexibility index (Phi) is 3.43. The summed E-state index contributed by atoms with van der Waals surface area (Å²) in [5.41, 5.74) is 0.858. The molecule has 0 saturated heterocycles. The molecule has 1 unspecified atom stereocenters. The maximum Gasteiger partial charge on any atom is 0.275 e. The molecule has 1 atom stereocenters. The second-order valence-electron chi connectivity index (χ2n) is 3.73. The van der Waals surface area contributed by atoms with Crippen molar-refractivity contribution >= 4 is 5.69 Å². The van der Waals surface area contributed by atoms with Crippen LogP contribution in [0.2, 0.25) is 0 Å². The van der Waals surface area contributed by atoms with E-state index in [9.17, 15) is 15.0 Å². The quantitative estimate of drug-likeness (QED) is 0.468. The Balaban J connectivity index is 2.52. The van der Waals surface area contributed by atoms with Crippen LogP contribution in [0.5, 0.6) is 0 Å². The maximum atomic E-state index is 11.0. The Hall–Kier alpha value is -2.56. The molecule has 0 bridgehead atoms. The number of para-hydroxylation sites is 1. The molecule has 5 heteroatoms. The van der Waals surface area contributed by atoms with Gasteiger partial charge in [-0.1, -0.05) is 47.6 Å². The number of nitroso groups, excluding NO2 is 1. The van der Waals surface area contributed by atoms with Gasteiger partial charge in [0, 0.05) is 6.07 Å². The van der Waals surface area contributed by atoms with Gasteiger partial charge in [-0.05, 0) is 11.6 Å². The van der Waals surface area contributed by atoms with Gasteiger partial charge in [-0.3, -0.25) is 10.1 Å². The van der Waals surface area contributed by atoms with Gasteiger partial charge in [-0.2, -0.15) is 0 Å². The van der Waals surface area contributed by atoms with Crippen molar-refractivity contribution in [1.82, 2.24) is 0 Å². The number of rotatable bonds is 4. The molecule has 0 saturated carbocycles. The topological polar surface area (TPSA) is 72.6 Å². The first-order valence-corrected chi connectivity index (χ1v) is 5.34. The molecule has 18 heavy (non-hydrogen) atoms. The number of nitrogens with zero attached hydrogens (tertiary/aromatic N) is 2. The SMILES string of the molecule is O=NC(c1ccccc1)c1ccccc1[N+](=O)[O-]. The predicted octanol–water partition coefficient (Wildman–Crippen LogP) is 3.45. The van der Waals surface area contributed by atoms with Crippen molar-refractivity contribution in [1.29, 1.82) is 0 Å². The standard InChI is InChI=1S/C13H10N2O3/c16-14-13(10-6-2-1-3-7-10)11-8-4-5-9-12(11)15(17)18/h1-9,13H. The van der Waals surface area contributed by atoms with Crippen molar-refractivity contribution < 1.29 is 4.92 Å². The van der Waals surface area contributed by atoms with Crippen LogP contribution >= 0.6 is 0 Å². The number of hydrogen-bond acceptors (Lipinski definition) is 4. The molecule has 0 heterocycles. The first kappa shape index (κ1) is 11.9. The third-order valence-corrected chi connectivity index (χ3v) is 2.65. The van der Waals surface area contributed by atoms with Gasteiger partial charge in [0.25, 0.3) is 5.69 Å². The average Bonchev–Trinajstić information content (AvgIpc) is 2.41. The van der Waals surface area contributed by atoms with Gasteiger partial charge in [0.2, 0.25) is 0 Å². The van der Waals surface area contributed by atoms with Crippen molar-refractivity contribution in [2.75, 3.05) is 0 Å². The van der Waals surface area contributed by atoms with Crippen LogP contribution in [-0.2, 0) is 0 Å². The summed E-state index contributed by atoms with van der Waals surface area (Å²) >= 11 is 0. The van der Waals surface area contributed by atoms with Crippen LogP contribution in [0.4, 0.5) is 5.69 Å². The lowest BCUT2D eigenvalue weighted by molar-refractivity contribution is -0.385. The van der Waals surface area contributed by atoms with Gasteiger partial charge in [-0.15, -0.1) is 4.91 Å². The first-order chi connectivity index (χ1) is 8.74. The highest BCUT2D eigenvalue weighted by atomic mass is 16.6. The van der Waals surface area contributed by atoms with Crippen molar-refractivity contribution in [2.45, 2.75) is 6.04 Å². The molecule has 0 radical (unpaired) electrons. The van der Waals surface area contributed by atoms with Crippen LogP contribution in [-0.4, -0.2) is 4.92 Å². The molecule has 0 aliphatic heterocycles. The van der Waals surface area contributed by atoms with Crippen molar-refractivity contribution in [3.05, 3.63) is 80.7 Å². The largest absolute Gasteiger partial charge is 0.275 e. The van der Waals surface area contributed by atoms with E-state index in [4.69, 9.17) is 0 Å². The zero-order chi connectivity index (χ0) is 13.0. The highest BCUT2D eigenvalue weighted by Gasteiger charge is 2.23. The molecule has 0 spiro atoms. The van der Waals surface area contributed by atoms with Gasteiger partial charge in [0.15, 0.2) is 0 Å². The lowest BCUT2D eigenvalue weighted by Gasteiger charge is -2.09. The molecule has 0 aliphatic rings. The summed E-state index contributed by atoms with van der Waals surface area (Å²) in [6.07, 6.45) is 0. The van der Waals surface area contributed by atoms with Crippen LogP contribution < -0.4 is 0 Å². The minimum Gasteiger partial charge on any atom is -0.258 e. The maximum absolute atomic E-state index is 11.0. The van der Waals surface area contributed by atoms with Crippen LogP contribution in [0.3, 0.4) is 0 Å². The van der Waals surface area contributed by atoms with E-state index in [1.807, 2.05) is 6.07 Å². The van der Waals surface area contributed by atoms with E-state index in [1.165, 1.54) is 6.07 Å². The van der Waals surface area contributed by atoms with Crippen LogP contribution in [0.25, 0.3) is 0 Å². The normalized spacial score (nSPS) is 11.8. The lowest BCUT2D eigenvalue weighted by Crippen LogP contribution is -2.01. The molecule has 0 N–H and O–H groups in total. The number of nitro groups is 1. The van der Waals surface area contributed by atoms with Crippen LogP contribution in [0.1, 0.15) is 17.2 Å². The Morgan fingerprint density at radius 2 is 1.61 bits per heavy atom. The van der Waals surface area contributed by atoms with Gasteiger partial charge in [-0.25, -0.2) is 0 Å². The fraction of sp³-hybridized carbons (Fsp3) is 0.0769. The molecule has 90 valence electrons. The van der Waals surface area contributed by atoms with E-state index in [0.717, 1.165) is 0 Å². The van der Waals surface area contributed by atoms with Gasteiger partial charge >= 0.3 is 0 Å². The molecule has 0 aromatic heterocycles. The molecule has 0 aliphatic carbocycles. The van der Waals surface area contributed by atoms with Crippen molar-refractivity contribution in [2.24, 2.45) is 5.18 Å². The summed E-state index contributed by atoms with van der Waals surface area (Å²) in [7, 11) is 0. The molecular weight excluding hydrogens is 232 g/mol. The summed E-state index contributed by atoms with van der Waals surface area (Å²) in [5.74, 6) is 0. The Bertz CT molecular complexity index is 569. The second-order valence-corrected chi connectivity index (χ2v) is 3.73.